The predicted octanol–water partition coefficient (Wildman–Crippen LogP) is 2.56. The van der Waals surface area contributed by atoms with Gasteiger partial charge in [-0.15, -0.1) is 0 Å². The van der Waals surface area contributed by atoms with Crippen LogP contribution >= 0.6 is 0 Å². The lowest BCUT2D eigenvalue weighted by atomic mass is 9.59. The number of rotatable bonds is 3. The zero-order valence-corrected chi connectivity index (χ0v) is 15.4. The monoisotopic (exact) mass is 362 g/mol. The summed E-state index contributed by atoms with van der Waals surface area (Å²) in [6, 6.07) is 0. The summed E-state index contributed by atoms with van der Waals surface area (Å²) in [5.41, 5.74) is -1.38. The summed E-state index contributed by atoms with van der Waals surface area (Å²) in [4.78, 5) is 50.2. The fourth-order valence-electron chi connectivity index (χ4n) is 4.20. The molecule has 6 heteroatoms. The first-order chi connectivity index (χ1) is 12.5. The Balaban J connectivity index is 2.58. The molecule has 1 saturated carbocycles. The molecule has 0 bridgehead atoms. The smallest absolute Gasteiger partial charge is 0.313 e. The maximum absolute atomic E-state index is 13.0. The van der Waals surface area contributed by atoms with E-state index in [1.165, 1.54) is 14.2 Å². The van der Waals surface area contributed by atoms with Gasteiger partial charge in [0.15, 0.2) is 11.6 Å². The molecule has 0 aliphatic heterocycles. The first-order valence-corrected chi connectivity index (χ1v) is 9.01. The minimum absolute atomic E-state index is 0.0941. The van der Waals surface area contributed by atoms with Crippen LogP contribution in [0.1, 0.15) is 44.9 Å². The van der Waals surface area contributed by atoms with Crippen LogP contribution < -0.4 is 0 Å². The van der Waals surface area contributed by atoms with Gasteiger partial charge in [-0.05, 0) is 38.0 Å². The van der Waals surface area contributed by atoms with Crippen LogP contribution in [-0.2, 0) is 28.7 Å². The van der Waals surface area contributed by atoms with Gasteiger partial charge in [0.2, 0.25) is 0 Å². The highest BCUT2D eigenvalue weighted by atomic mass is 16.5. The van der Waals surface area contributed by atoms with Gasteiger partial charge in [-0.2, -0.15) is 0 Å². The van der Waals surface area contributed by atoms with E-state index in [1.54, 1.807) is 0 Å². The summed E-state index contributed by atoms with van der Waals surface area (Å²) in [5, 5.41) is 0. The largest absolute Gasteiger partial charge is 0.469 e. The van der Waals surface area contributed by atoms with E-state index in [-0.39, 0.29) is 18.8 Å². The Morgan fingerprint density at radius 2 is 1.77 bits per heavy atom. The predicted molar refractivity (Wildman–Crippen MR) is 94.1 cm³/mol. The topological polar surface area (TPSA) is 86.7 Å². The maximum Gasteiger partial charge on any atom is 0.313 e. The van der Waals surface area contributed by atoms with Gasteiger partial charge in [0.25, 0.3) is 0 Å². The van der Waals surface area contributed by atoms with Gasteiger partial charge in [0.1, 0.15) is 0 Å². The minimum Gasteiger partial charge on any atom is -0.469 e. The van der Waals surface area contributed by atoms with Crippen molar-refractivity contribution in [3.63, 3.8) is 0 Å². The molecular weight excluding hydrogens is 336 g/mol. The molecule has 0 heterocycles. The van der Waals surface area contributed by atoms with Crippen molar-refractivity contribution in [2.45, 2.75) is 44.9 Å². The van der Waals surface area contributed by atoms with E-state index in [0.717, 1.165) is 0 Å². The van der Waals surface area contributed by atoms with E-state index in [4.69, 9.17) is 9.47 Å². The van der Waals surface area contributed by atoms with Gasteiger partial charge in [-0.3, -0.25) is 19.2 Å². The highest BCUT2D eigenvalue weighted by molar-refractivity contribution is 6.37. The number of methoxy groups -OCH3 is 2. The van der Waals surface area contributed by atoms with Gasteiger partial charge >= 0.3 is 11.9 Å². The molecule has 0 aromatic carbocycles. The summed E-state index contributed by atoms with van der Waals surface area (Å²) in [5.74, 6) is -3.33. The third-order valence-electron chi connectivity index (χ3n) is 5.55. The quantitative estimate of drug-likeness (QED) is 0.566. The lowest BCUT2D eigenvalue weighted by molar-refractivity contribution is -0.175. The molecule has 0 aromatic rings. The van der Waals surface area contributed by atoms with Gasteiger partial charge in [-0.1, -0.05) is 24.3 Å². The van der Waals surface area contributed by atoms with Gasteiger partial charge in [-0.25, -0.2) is 0 Å². The zero-order valence-electron chi connectivity index (χ0n) is 15.4. The van der Waals surface area contributed by atoms with Gasteiger partial charge in [0.05, 0.1) is 25.6 Å². The second kappa shape index (κ2) is 8.92. The fraction of sp³-hybridized carbons (Fsp3) is 0.600. The lowest BCUT2D eigenvalue weighted by Gasteiger charge is -2.43. The zero-order chi connectivity index (χ0) is 19.2. The summed E-state index contributed by atoms with van der Waals surface area (Å²) < 4.78 is 10.0. The van der Waals surface area contributed by atoms with Crippen molar-refractivity contribution in [2.24, 2.45) is 17.3 Å². The average molecular weight is 362 g/mol. The third kappa shape index (κ3) is 3.94. The molecule has 142 valence electrons. The minimum atomic E-state index is -1.38. The fourth-order valence-corrected chi connectivity index (χ4v) is 4.20. The lowest BCUT2D eigenvalue weighted by Crippen LogP contribution is -2.52. The van der Waals surface area contributed by atoms with Crippen LogP contribution in [0.25, 0.3) is 0 Å². The summed E-state index contributed by atoms with van der Waals surface area (Å²) in [7, 11) is 2.53. The highest BCUT2D eigenvalue weighted by Crippen LogP contribution is 2.49. The molecule has 0 radical (unpaired) electrons. The van der Waals surface area contributed by atoms with Crippen molar-refractivity contribution in [3.05, 3.63) is 24.3 Å². The number of carbonyl (C=O) groups excluding carboxylic acids is 4. The van der Waals surface area contributed by atoms with Crippen molar-refractivity contribution in [1.82, 2.24) is 0 Å². The number of hydrogen-bond acceptors (Lipinski definition) is 6. The molecule has 26 heavy (non-hydrogen) atoms. The van der Waals surface area contributed by atoms with Crippen LogP contribution in [0.2, 0.25) is 0 Å². The van der Waals surface area contributed by atoms with Gasteiger partial charge < -0.3 is 9.47 Å². The van der Waals surface area contributed by atoms with E-state index < -0.39 is 34.8 Å². The molecule has 0 saturated heterocycles. The van der Waals surface area contributed by atoms with E-state index in [2.05, 4.69) is 0 Å². The van der Waals surface area contributed by atoms with Crippen LogP contribution in [0, 0.1) is 17.3 Å². The van der Waals surface area contributed by atoms with Crippen LogP contribution in [0.3, 0.4) is 0 Å². The number of allylic oxidation sites excluding steroid dienone is 4. The normalized spacial score (nSPS) is 29.9. The Bertz CT molecular complexity index is 632. The first kappa shape index (κ1) is 20.1. The molecular formula is C20H26O6. The number of esters is 2. The first-order valence-electron chi connectivity index (χ1n) is 9.01. The number of carbonyl (C=O) groups is 4. The molecule has 6 nitrogen and oxygen atoms in total. The molecule has 3 atom stereocenters. The second-order valence-corrected chi connectivity index (χ2v) is 6.89. The van der Waals surface area contributed by atoms with Gasteiger partial charge in [0, 0.05) is 12.8 Å². The number of ketones is 2. The number of hydrogen-bond donors (Lipinski definition) is 0. The molecule has 2 rings (SSSR count). The third-order valence-corrected chi connectivity index (χ3v) is 5.55. The molecule has 2 aliphatic rings. The van der Waals surface area contributed by atoms with Crippen molar-refractivity contribution >= 4 is 23.5 Å². The average Bonchev–Trinajstić information content (AvgIpc) is 2.61. The molecule has 0 amide bonds. The van der Waals surface area contributed by atoms with Crippen LogP contribution in [0.4, 0.5) is 0 Å². The van der Waals surface area contributed by atoms with E-state index in [9.17, 15) is 19.2 Å². The molecule has 0 aromatic heterocycles. The van der Waals surface area contributed by atoms with E-state index in [0.29, 0.717) is 32.1 Å². The Morgan fingerprint density at radius 3 is 2.46 bits per heavy atom. The Kier molecular flexibility index (Phi) is 6.89. The van der Waals surface area contributed by atoms with Crippen molar-refractivity contribution in [3.8, 4) is 0 Å². The molecule has 0 N–H and O–H groups in total. The summed E-state index contributed by atoms with van der Waals surface area (Å²) >= 11 is 0. The number of ether oxygens (including phenoxy) is 2. The van der Waals surface area contributed by atoms with E-state index >= 15 is 0 Å². The molecule has 2 aliphatic carbocycles. The second-order valence-electron chi connectivity index (χ2n) is 6.89. The van der Waals surface area contributed by atoms with Crippen LogP contribution in [0.15, 0.2) is 24.3 Å². The highest BCUT2D eigenvalue weighted by Gasteiger charge is 2.57. The molecule has 3 unspecified atom stereocenters. The summed E-state index contributed by atoms with van der Waals surface area (Å²) in [6.07, 6.45) is 10.1. The van der Waals surface area contributed by atoms with Crippen molar-refractivity contribution in [1.29, 1.82) is 0 Å². The molecule has 1 fully saturated rings. The molecule has 0 spiro atoms. The van der Waals surface area contributed by atoms with Crippen molar-refractivity contribution in [2.75, 3.05) is 14.2 Å². The standard InChI is InChI=1S/C20H26O6/c1-25-18(23)15-11-8-12-16(21)17(22)13-20(15,19(24)26-2)14-9-6-4-3-5-7-10-14/h3-6,14-15H,7-13H2,1-2H3. The Labute approximate surface area is 153 Å². The number of Topliss-reactive ketones (excluding diaryl/α,β-unsaturated/α-hetero) is 2. The van der Waals surface area contributed by atoms with Crippen LogP contribution in [-0.4, -0.2) is 37.7 Å². The maximum atomic E-state index is 13.0. The SMILES string of the molecule is COC(=O)C1CCCC(=O)C(=O)CC1(C(=O)OC)C1CC=CC=CCC1. The van der Waals surface area contributed by atoms with Crippen molar-refractivity contribution < 1.29 is 28.7 Å². The summed E-state index contributed by atoms with van der Waals surface area (Å²) in [6.45, 7) is 0. The Morgan fingerprint density at radius 1 is 1.04 bits per heavy atom. The van der Waals surface area contributed by atoms with E-state index in [1.807, 2.05) is 24.3 Å². The Hall–Kier alpha value is -2.24. The van der Waals surface area contributed by atoms with Crippen LogP contribution in [0.5, 0.6) is 0 Å².